The van der Waals surface area contributed by atoms with Gasteiger partial charge < -0.3 is 14.8 Å². The summed E-state index contributed by atoms with van der Waals surface area (Å²) in [7, 11) is 0. The van der Waals surface area contributed by atoms with Crippen molar-refractivity contribution in [1.29, 1.82) is 0 Å². The summed E-state index contributed by atoms with van der Waals surface area (Å²) in [4.78, 5) is 0. The van der Waals surface area contributed by atoms with E-state index in [0.717, 1.165) is 15.6 Å². The fraction of sp³-hybridized carbons (Fsp3) is 0.235. The Bertz CT molecular complexity index is 909. The highest BCUT2D eigenvalue weighted by Gasteiger charge is 2.12. The van der Waals surface area contributed by atoms with E-state index in [0.29, 0.717) is 47.3 Å². The molecule has 2 N–H and O–H groups in total. The number of nitrogens with one attached hydrogen (secondary N) is 2. The summed E-state index contributed by atoms with van der Waals surface area (Å²) in [5.41, 5.74) is 1.87. The van der Waals surface area contributed by atoms with Crippen molar-refractivity contribution in [1.82, 2.24) is 20.6 Å². The van der Waals surface area contributed by atoms with Crippen LogP contribution in [0.2, 0.25) is 10.0 Å². The highest BCUT2D eigenvalue weighted by Crippen LogP contribution is 2.35. The first-order valence-electron chi connectivity index (χ1n) is 8.06. The van der Waals surface area contributed by atoms with Gasteiger partial charge in [0, 0.05) is 11.0 Å². The van der Waals surface area contributed by atoms with Crippen LogP contribution in [0.5, 0.6) is 11.5 Å². The van der Waals surface area contributed by atoms with Gasteiger partial charge in [-0.05, 0) is 47.5 Å². The van der Waals surface area contributed by atoms with Gasteiger partial charge in [-0.1, -0.05) is 50.3 Å². The minimum Gasteiger partial charge on any atom is -0.490 e. The van der Waals surface area contributed by atoms with Crippen molar-refractivity contribution in [3.05, 3.63) is 56.0 Å². The molecule has 2 aromatic carbocycles. The fourth-order valence-electron chi connectivity index (χ4n) is 2.30. The zero-order valence-electron chi connectivity index (χ0n) is 14.3. The number of hydrogen-bond acceptors (Lipinski definition) is 6. The van der Waals surface area contributed by atoms with Gasteiger partial charge in [0.1, 0.15) is 6.61 Å². The summed E-state index contributed by atoms with van der Waals surface area (Å²) in [6.07, 6.45) is 0. The zero-order chi connectivity index (χ0) is 19.2. The maximum atomic E-state index is 6.06. The van der Waals surface area contributed by atoms with Gasteiger partial charge in [-0.3, -0.25) is 0 Å². The van der Waals surface area contributed by atoms with E-state index in [9.17, 15) is 0 Å². The van der Waals surface area contributed by atoms with Gasteiger partial charge in [-0.25, -0.2) is 0 Å². The molecule has 0 fully saturated rings. The van der Waals surface area contributed by atoms with Gasteiger partial charge in [-0.2, -0.15) is 5.21 Å². The predicted octanol–water partition coefficient (Wildman–Crippen LogP) is 4.86. The third-order valence-corrected chi connectivity index (χ3v) is 5.05. The smallest absolute Gasteiger partial charge is 0.263 e. The maximum absolute atomic E-state index is 6.06. The monoisotopic (exact) mass is 471 g/mol. The van der Waals surface area contributed by atoms with Gasteiger partial charge in [-0.15, -0.1) is 5.10 Å². The van der Waals surface area contributed by atoms with Crippen LogP contribution in [0.3, 0.4) is 0 Å². The molecule has 1 heterocycles. The Kier molecular flexibility index (Phi) is 6.76. The van der Waals surface area contributed by atoms with Crippen molar-refractivity contribution in [2.75, 3.05) is 11.9 Å². The second-order valence-corrected chi connectivity index (χ2v) is 7.12. The number of halogens is 3. The second-order valence-electron chi connectivity index (χ2n) is 5.45. The summed E-state index contributed by atoms with van der Waals surface area (Å²) in [5, 5.41) is 17.7. The van der Waals surface area contributed by atoms with E-state index in [1.807, 2.05) is 25.1 Å². The number of tetrazole rings is 1. The summed E-state index contributed by atoms with van der Waals surface area (Å²) in [5.74, 6) is 1.68. The van der Waals surface area contributed by atoms with Crippen LogP contribution in [0, 0.1) is 0 Å². The number of rotatable bonds is 8. The van der Waals surface area contributed by atoms with Crippen molar-refractivity contribution in [3.63, 3.8) is 0 Å². The van der Waals surface area contributed by atoms with E-state index >= 15 is 0 Å². The molecule has 1 aromatic heterocycles. The molecule has 3 aromatic rings. The third kappa shape index (κ3) is 5.24. The average molecular weight is 473 g/mol. The van der Waals surface area contributed by atoms with E-state index in [1.54, 1.807) is 12.1 Å². The van der Waals surface area contributed by atoms with Gasteiger partial charge in [0.15, 0.2) is 11.5 Å². The molecular weight excluding hydrogens is 457 g/mol. The quantitative estimate of drug-likeness (QED) is 0.487. The Morgan fingerprint density at radius 3 is 2.63 bits per heavy atom. The molecule has 10 heteroatoms. The van der Waals surface area contributed by atoms with Crippen molar-refractivity contribution in [2.24, 2.45) is 0 Å². The highest BCUT2D eigenvalue weighted by atomic mass is 79.9. The SMILES string of the molecule is CCOc1cc(CNc2nn[nH]n2)c(Br)cc1OCc1ccc(Cl)c(Cl)c1. The van der Waals surface area contributed by atoms with Crippen molar-refractivity contribution in [2.45, 2.75) is 20.1 Å². The Balaban J connectivity index is 1.75. The predicted molar refractivity (Wildman–Crippen MR) is 108 cm³/mol. The van der Waals surface area contributed by atoms with Crippen molar-refractivity contribution < 1.29 is 9.47 Å². The van der Waals surface area contributed by atoms with Gasteiger partial charge in [0.05, 0.1) is 16.7 Å². The molecule has 0 saturated heterocycles. The Hall–Kier alpha value is -2.03. The number of aromatic nitrogens is 4. The van der Waals surface area contributed by atoms with E-state index in [4.69, 9.17) is 32.7 Å². The molecule has 0 aliphatic heterocycles. The largest absolute Gasteiger partial charge is 0.490 e. The minimum atomic E-state index is 0.337. The molecule has 3 rings (SSSR count). The molecule has 7 nitrogen and oxygen atoms in total. The first kappa shape index (κ1) is 19.7. The Morgan fingerprint density at radius 2 is 1.93 bits per heavy atom. The number of benzene rings is 2. The molecule has 142 valence electrons. The van der Waals surface area contributed by atoms with E-state index < -0.39 is 0 Å². The summed E-state index contributed by atoms with van der Waals surface area (Å²) in [6.45, 7) is 3.27. The number of aromatic amines is 1. The summed E-state index contributed by atoms with van der Waals surface area (Å²) < 4.78 is 12.5. The molecular formula is C17H16BrCl2N5O2. The standard InChI is InChI=1S/C17H16BrCl2N5O2/c1-2-26-15-6-11(8-21-17-22-24-25-23-17)12(18)7-16(15)27-9-10-3-4-13(19)14(20)5-10/h3-7H,2,8-9H2,1H3,(H2,21,22,23,24,25). The topological polar surface area (TPSA) is 85.0 Å². The van der Waals surface area contributed by atoms with Crippen LogP contribution >= 0.6 is 39.1 Å². The molecule has 0 aliphatic carbocycles. The number of hydrogen-bond donors (Lipinski definition) is 2. The lowest BCUT2D eigenvalue weighted by atomic mass is 10.2. The van der Waals surface area contributed by atoms with Crippen LogP contribution in [-0.4, -0.2) is 27.2 Å². The van der Waals surface area contributed by atoms with E-state index in [-0.39, 0.29) is 0 Å². The Labute approximate surface area is 174 Å². The van der Waals surface area contributed by atoms with Crippen LogP contribution in [0.4, 0.5) is 5.95 Å². The summed E-state index contributed by atoms with van der Waals surface area (Å²) in [6, 6.07) is 9.17. The molecule has 0 saturated carbocycles. The minimum absolute atomic E-state index is 0.337. The van der Waals surface area contributed by atoms with Crippen LogP contribution < -0.4 is 14.8 Å². The lowest BCUT2D eigenvalue weighted by Gasteiger charge is -2.15. The molecule has 0 aliphatic rings. The Morgan fingerprint density at radius 1 is 1.11 bits per heavy atom. The van der Waals surface area contributed by atoms with Crippen LogP contribution in [0.25, 0.3) is 0 Å². The first-order chi connectivity index (χ1) is 13.1. The molecule has 0 bridgehead atoms. The normalized spacial score (nSPS) is 10.7. The number of ether oxygens (including phenoxy) is 2. The van der Waals surface area contributed by atoms with Crippen LogP contribution in [0.1, 0.15) is 18.1 Å². The van der Waals surface area contributed by atoms with Crippen molar-refractivity contribution >= 4 is 45.1 Å². The third-order valence-electron chi connectivity index (χ3n) is 3.57. The lowest BCUT2D eigenvalue weighted by Crippen LogP contribution is -2.05. The zero-order valence-corrected chi connectivity index (χ0v) is 17.4. The van der Waals surface area contributed by atoms with Gasteiger partial charge in [0.25, 0.3) is 5.95 Å². The molecule has 0 atom stereocenters. The molecule has 27 heavy (non-hydrogen) atoms. The van der Waals surface area contributed by atoms with E-state index in [2.05, 4.69) is 41.9 Å². The highest BCUT2D eigenvalue weighted by molar-refractivity contribution is 9.10. The number of H-pyrrole nitrogens is 1. The lowest BCUT2D eigenvalue weighted by molar-refractivity contribution is 0.269. The number of nitrogens with zero attached hydrogens (tertiary/aromatic N) is 3. The van der Waals surface area contributed by atoms with Gasteiger partial charge in [0.2, 0.25) is 0 Å². The molecule has 0 spiro atoms. The number of anilines is 1. The van der Waals surface area contributed by atoms with Gasteiger partial charge >= 0.3 is 0 Å². The first-order valence-corrected chi connectivity index (χ1v) is 9.61. The molecule has 0 amide bonds. The molecule has 0 radical (unpaired) electrons. The fourth-order valence-corrected chi connectivity index (χ4v) is 3.08. The summed E-state index contributed by atoms with van der Waals surface area (Å²) >= 11 is 15.6. The van der Waals surface area contributed by atoms with Crippen LogP contribution in [-0.2, 0) is 13.2 Å². The molecule has 0 unspecified atom stereocenters. The average Bonchev–Trinajstić information content (AvgIpc) is 3.17. The van der Waals surface area contributed by atoms with Crippen molar-refractivity contribution in [3.8, 4) is 11.5 Å². The van der Waals surface area contributed by atoms with Crippen LogP contribution in [0.15, 0.2) is 34.8 Å². The second kappa shape index (κ2) is 9.25. The van der Waals surface area contributed by atoms with E-state index in [1.165, 1.54) is 0 Å². The maximum Gasteiger partial charge on any atom is 0.263 e.